The number of methoxy groups -OCH3 is 1. The van der Waals surface area contributed by atoms with Gasteiger partial charge in [-0.2, -0.15) is 5.26 Å². The Kier molecular flexibility index (Phi) is 5.52. The summed E-state index contributed by atoms with van der Waals surface area (Å²) in [6.45, 7) is 0. The van der Waals surface area contributed by atoms with Crippen LogP contribution in [0.5, 0.6) is 5.75 Å². The molecule has 0 saturated carbocycles. The van der Waals surface area contributed by atoms with Crippen LogP contribution in [0.2, 0.25) is 10.3 Å². The smallest absolute Gasteiger partial charge is 0.268 e. The number of aromatic nitrogens is 2. The average Bonchev–Trinajstić information content (AvgIpc) is 2.52. The molecule has 0 aliphatic carbocycles. The number of hydrogen-bond donors (Lipinski definition) is 1. The molecule has 0 unspecified atom stereocenters. The zero-order valence-corrected chi connectivity index (χ0v) is 13.4. The summed E-state index contributed by atoms with van der Waals surface area (Å²) in [7, 11) is 1.55. The molecule has 0 aliphatic heterocycles. The number of anilines is 1. The van der Waals surface area contributed by atoms with Gasteiger partial charge in [-0.15, -0.1) is 0 Å². The van der Waals surface area contributed by atoms with E-state index in [0.29, 0.717) is 11.3 Å². The van der Waals surface area contributed by atoms with Gasteiger partial charge in [-0.1, -0.05) is 35.3 Å². The number of amides is 1. The molecule has 0 spiro atoms. The van der Waals surface area contributed by atoms with E-state index in [2.05, 4.69) is 15.3 Å². The first-order valence-electron chi connectivity index (χ1n) is 6.29. The van der Waals surface area contributed by atoms with Crippen molar-refractivity contribution >= 4 is 41.1 Å². The lowest BCUT2D eigenvalue weighted by molar-refractivity contribution is -0.112. The highest BCUT2D eigenvalue weighted by Gasteiger charge is 2.12. The Balaban J connectivity index is 2.20. The Morgan fingerprint density at radius 2 is 1.87 bits per heavy atom. The summed E-state index contributed by atoms with van der Waals surface area (Å²) >= 11 is 11.5. The topological polar surface area (TPSA) is 87.9 Å². The highest BCUT2D eigenvalue weighted by atomic mass is 35.5. The van der Waals surface area contributed by atoms with Gasteiger partial charge in [0.1, 0.15) is 27.7 Å². The highest BCUT2D eigenvalue weighted by molar-refractivity contribution is 6.33. The number of nitriles is 1. The minimum Gasteiger partial charge on any atom is -0.497 e. The van der Waals surface area contributed by atoms with E-state index in [9.17, 15) is 4.79 Å². The Hall–Kier alpha value is -2.62. The number of carbonyl (C=O) groups excluding carboxylic acids is 1. The van der Waals surface area contributed by atoms with Crippen LogP contribution in [-0.4, -0.2) is 23.0 Å². The number of hydrogen-bond acceptors (Lipinski definition) is 5. The van der Waals surface area contributed by atoms with Gasteiger partial charge in [0.2, 0.25) is 5.95 Å². The van der Waals surface area contributed by atoms with Crippen LogP contribution in [0.25, 0.3) is 6.08 Å². The molecule has 6 nitrogen and oxygen atoms in total. The molecule has 0 atom stereocenters. The summed E-state index contributed by atoms with van der Waals surface area (Å²) in [5.41, 5.74) is 0.553. The van der Waals surface area contributed by atoms with E-state index in [1.807, 2.05) is 6.07 Å². The SMILES string of the molecule is COc1ccc(/C=C(/C#N)C(=O)Nc2nc(Cl)cc(Cl)n2)cc1. The van der Waals surface area contributed by atoms with Gasteiger partial charge in [0.05, 0.1) is 7.11 Å². The number of halogens is 2. The van der Waals surface area contributed by atoms with Crippen molar-refractivity contribution in [3.63, 3.8) is 0 Å². The van der Waals surface area contributed by atoms with Gasteiger partial charge in [0, 0.05) is 6.07 Å². The zero-order valence-electron chi connectivity index (χ0n) is 11.9. The van der Waals surface area contributed by atoms with Crippen molar-refractivity contribution in [3.8, 4) is 11.8 Å². The zero-order chi connectivity index (χ0) is 16.8. The van der Waals surface area contributed by atoms with Crippen molar-refractivity contribution in [3.05, 3.63) is 51.8 Å². The first kappa shape index (κ1) is 16.7. The normalized spacial score (nSPS) is 10.8. The fraction of sp³-hybridized carbons (Fsp3) is 0.0667. The molecule has 8 heteroatoms. The second-order valence-electron chi connectivity index (χ2n) is 4.23. The van der Waals surface area contributed by atoms with E-state index < -0.39 is 5.91 Å². The molecule has 1 heterocycles. The van der Waals surface area contributed by atoms with Gasteiger partial charge >= 0.3 is 0 Å². The number of rotatable bonds is 4. The number of nitrogens with one attached hydrogen (secondary N) is 1. The van der Waals surface area contributed by atoms with Gasteiger partial charge in [-0.3, -0.25) is 10.1 Å². The van der Waals surface area contributed by atoms with Crippen LogP contribution in [0, 0.1) is 11.3 Å². The molecule has 0 bridgehead atoms. The Bertz CT molecular complexity index is 778. The van der Waals surface area contributed by atoms with Crippen molar-refractivity contribution in [2.75, 3.05) is 12.4 Å². The monoisotopic (exact) mass is 348 g/mol. The van der Waals surface area contributed by atoms with Crippen molar-refractivity contribution in [1.29, 1.82) is 5.26 Å². The average molecular weight is 349 g/mol. The van der Waals surface area contributed by atoms with Gasteiger partial charge < -0.3 is 4.74 Å². The second kappa shape index (κ2) is 7.58. The number of benzene rings is 1. The summed E-state index contributed by atoms with van der Waals surface area (Å²) in [5, 5.41) is 11.7. The maximum absolute atomic E-state index is 12.1. The molecule has 1 amide bonds. The fourth-order valence-electron chi connectivity index (χ4n) is 1.63. The molecule has 1 N–H and O–H groups in total. The van der Waals surface area contributed by atoms with Crippen LogP contribution >= 0.6 is 23.2 Å². The van der Waals surface area contributed by atoms with Gasteiger partial charge in [-0.25, -0.2) is 9.97 Å². The minimum absolute atomic E-state index is 0.0802. The lowest BCUT2D eigenvalue weighted by Crippen LogP contribution is -2.15. The van der Waals surface area contributed by atoms with Crippen LogP contribution in [0.15, 0.2) is 35.9 Å². The molecule has 0 aliphatic rings. The van der Waals surface area contributed by atoms with Gasteiger partial charge in [0.25, 0.3) is 5.91 Å². The fourth-order valence-corrected chi connectivity index (χ4v) is 2.05. The van der Waals surface area contributed by atoms with Crippen LogP contribution in [0.3, 0.4) is 0 Å². The lowest BCUT2D eigenvalue weighted by atomic mass is 10.1. The third kappa shape index (κ3) is 4.68. The van der Waals surface area contributed by atoms with Crippen LogP contribution in [0.4, 0.5) is 5.95 Å². The first-order valence-corrected chi connectivity index (χ1v) is 7.04. The van der Waals surface area contributed by atoms with E-state index in [0.717, 1.165) is 0 Å². The summed E-state index contributed by atoms with van der Waals surface area (Å²) in [6, 6.07) is 10.0. The molecule has 1 aromatic carbocycles. The molecule has 116 valence electrons. The largest absolute Gasteiger partial charge is 0.497 e. The predicted octanol–water partition coefficient (Wildman–Crippen LogP) is 3.34. The number of nitrogens with zero attached hydrogens (tertiary/aromatic N) is 3. The van der Waals surface area contributed by atoms with Crippen LogP contribution in [-0.2, 0) is 4.79 Å². The molecule has 23 heavy (non-hydrogen) atoms. The third-order valence-electron chi connectivity index (χ3n) is 2.68. The number of carbonyl (C=O) groups is 1. The van der Waals surface area contributed by atoms with Gasteiger partial charge in [0.15, 0.2) is 0 Å². The molecule has 0 fully saturated rings. The second-order valence-corrected chi connectivity index (χ2v) is 5.01. The highest BCUT2D eigenvalue weighted by Crippen LogP contribution is 2.16. The molecule has 2 rings (SSSR count). The predicted molar refractivity (Wildman–Crippen MR) is 87.3 cm³/mol. The standard InChI is InChI=1S/C15H10Cl2N4O2/c1-23-11-4-2-9(3-5-11)6-10(8-18)14(22)21-15-19-12(16)7-13(17)20-15/h2-7H,1H3,(H,19,20,21,22)/b10-6-. The minimum atomic E-state index is -0.665. The third-order valence-corrected chi connectivity index (χ3v) is 3.07. The molecule has 2 aromatic rings. The summed E-state index contributed by atoms with van der Waals surface area (Å²) in [5.74, 6) is -0.0721. The van der Waals surface area contributed by atoms with Crippen molar-refractivity contribution in [2.24, 2.45) is 0 Å². The molecule has 1 aromatic heterocycles. The molecule has 0 radical (unpaired) electrons. The van der Waals surface area contributed by atoms with E-state index in [1.54, 1.807) is 31.4 Å². The van der Waals surface area contributed by atoms with Crippen LogP contribution in [0.1, 0.15) is 5.56 Å². The number of ether oxygens (including phenoxy) is 1. The first-order chi connectivity index (χ1) is 11.0. The Morgan fingerprint density at radius 3 is 2.39 bits per heavy atom. The van der Waals surface area contributed by atoms with Crippen molar-refractivity contribution in [2.45, 2.75) is 0 Å². The maximum atomic E-state index is 12.1. The van der Waals surface area contributed by atoms with E-state index in [-0.39, 0.29) is 21.8 Å². The van der Waals surface area contributed by atoms with Gasteiger partial charge in [-0.05, 0) is 23.8 Å². The quantitative estimate of drug-likeness (QED) is 0.520. The molecular weight excluding hydrogens is 339 g/mol. The lowest BCUT2D eigenvalue weighted by Gasteiger charge is -2.04. The molecule has 0 saturated heterocycles. The Morgan fingerprint density at radius 1 is 1.26 bits per heavy atom. The summed E-state index contributed by atoms with van der Waals surface area (Å²) in [6.07, 6.45) is 1.43. The Labute approximate surface area is 142 Å². The van der Waals surface area contributed by atoms with E-state index >= 15 is 0 Å². The van der Waals surface area contributed by atoms with Crippen molar-refractivity contribution < 1.29 is 9.53 Å². The van der Waals surface area contributed by atoms with Crippen molar-refractivity contribution in [1.82, 2.24) is 9.97 Å². The van der Waals surface area contributed by atoms with Crippen LogP contribution < -0.4 is 10.1 Å². The molecular formula is C15H10Cl2N4O2. The van der Waals surface area contributed by atoms with E-state index in [1.165, 1.54) is 12.1 Å². The van der Waals surface area contributed by atoms with E-state index in [4.69, 9.17) is 33.2 Å². The summed E-state index contributed by atoms with van der Waals surface area (Å²) in [4.78, 5) is 19.7. The maximum Gasteiger partial charge on any atom is 0.268 e. The summed E-state index contributed by atoms with van der Waals surface area (Å²) < 4.78 is 5.04.